The van der Waals surface area contributed by atoms with Crippen LogP contribution in [0.4, 0.5) is 4.79 Å². The third-order valence-corrected chi connectivity index (χ3v) is 56.5. The van der Waals surface area contributed by atoms with Gasteiger partial charge >= 0.3 is 60.8 Å². The molecule has 0 radical (unpaired) electrons. The van der Waals surface area contributed by atoms with Gasteiger partial charge in [0.25, 0.3) is 0 Å². The molecule has 0 bridgehead atoms. The van der Waals surface area contributed by atoms with Crippen LogP contribution in [0.1, 0.15) is 0 Å². The summed E-state index contributed by atoms with van der Waals surface area (Å²) in [5.74, 6) is 0. The summed E-state index contributed by atoms with van der Waals surface area (Å²) in [6.07, 6.45) is -1.83. The average molecular weight is 248 g/mol. The van der Waals surface area contributed by atoms with Crippen molar-refractivity contribution in [2.45, 2.75) is 48.2 Å². The second kappa shape index (κ2) is 0.373. The van der Waals surface area contributed by atoms with E-state index in [9.17, 15) is 0 Å². The van der Waals surface area contributed by atoms with Gasteiger partial charge in [-0.15, -0.1) is 0 Å². The molecule has 10 saturated heterocycles. The molecule has 10 rings (SSSR count). The molecule has 3 nitrogen and oxygen atoms in total. The summed E-state index contributed by atoms with van der Waals surface area (Å²) < 4.78 is 0. The minimum absolute atomic E-state index is 1.59. The summed E-state index contributed by atoms with van der Waals surface area (Å²) in [6, 6.07) is 0. The van der Waals surface area contributed by atoms with E-state index in [-0.39, 0.29) is 0 Å². The SMILES string of the molecule is O=C(O)O.[CH]12[CH]3[CH]4[CH]5[CH]1[Fe]23451678[CH]2[CH]1[CH]6[CH]7[CH]28. The molecule has 0 atom stereocenters. The van der Waals surface area contributed by atoms with Crippen molar-refractivity contribution in [1.82, 2.24) is 0 Å². The maximum absolute atomic E-state index is 8.56. The van der Waals surface area contributed by atoms with E-state index in [0.717, 1.165) is 0 Å². The Morgan fingerprint density at radius 2 is 0.800 bits per heavy atom. The fraction of sp³-hybridized carbons (Fsp3) is 0.909. The van der Waals surface area contributed by atoms with Crippen LogP contribution in [-0.4, -0.2) is 16.4 Å². The van der Waals surface area contributed by atoms with Crippen molar-refractivity contribution in [2.24, 2.45) is 0 Å². The molecule has 0 aromatic heterocycles. The van der Waals surface area contributed by atoms with Crippen LogP contribution in [-0.2, 0) is 6.51 Å². The molecule has 0 amide bonds. The van der Waals surface area contributed by atoms with E-state index >= 15 is 0 Å². The summed E-state index contributed by atoms with van der Waals surface area (Å²) in [5, 5.41) is 13.9. The summed E-state index contributed by atoms with van der Waals surface area (Å²) in [7, 11) is 0. The van der Waals surface area contributed by atoms with Crippen molar-refractivity contribution in [3.63, 3.8) is 0 Å². The summed E-state index contributed by atoms with van der Waals surface area (Å²) in [5.41, 5.74) is 0. The van der Waals surface area contributed by atoms with Crippen molar-refractivity contribution >= 4 is 6.16 Å². The van der Waals surface area contributed by atoms with Gasteiger partial charge < -0.3 is 10.2 Å². The zero-order valence-corrected chi connectivity index (χ0v) is 9.03. The number of fused-ring (bicyclic) bond motifs is 10. The van der Waals surface area contributed by atoms with E-state index in [0.29, 0.717) is 0 Å². The van der Waals surface area contributed by atoms with Crippen LogP contribution in [0.2, 0.25) is 48.2 Å². The predicted molar refractivity (Wildman–Crippen MR) is 48.2 cm³/mol. The summed E-state index contributed by atoms with van der Waals surface area (Å²) in [4.78, 5) is 24.5. The van der Waals surface area contributed by atoms with Gasteiger partial charge in [-0.05, 0) is 0 Å². The maximum atomic E-state index is 8.56. The first-order valence-corrected chi connectivity index (χ1v) is 12.4. The van der Waals surface area contributed by atoms with Crippen molar-refractivity contribution in [1.29, 1.82) is 0 Å². The normalized spacial score (nSPS) is 127. The van der Waals surface area contributed by atoms with E-state index in [4.69, 9.17) is 15.0 Å². The number of carbonyl (C=O) groups is 1. The second-order valence-electron chi connectivity index (χ2n) is 9.87. The molecule has 4 heteroatoms. The topological polar surface area (TPSA) is 57.5 Å². The Morgan fingerprint density at radius 1 is 0.667 bits per heavy atom. The molecule has 10 heterocycles. The van der Waals surface area contributed by atoms with E-state index in [1.807, 2.05) is 0 Å². The molecule has 1 spiro atoms. The third-order valence-electron chi connectivity index (χ3n) is 14.5. The number of carboxylic acid groups (broad SMARTS) is 2. The monoisotopic (exact) mass is 248 g/mol. The number of hydrogen-bond donors (Lipinski definition) is 2. The van der Waals surface area contributed by atoms with Gasteiger partial charge in [-0.3, -0.25) is 0 Å². The van der Waals surface area contributed by atoms with E-state index < -0.39 is 12.7 Å². The number of rotatable bonds is 0. The molecule has 82 valence electrons. The molecular formula is C11H12FeO3. The molecule has 0 aromatic carbocycles. The first-order chi connectivity index (χ1) is 6.89. The minimum atomic E-state index is -2.28. The number of hydrogen-bond acceptors (Lipinski definition) is 1. The van der Waals surface area contributed by atoms with Gasteiger partial charge in [-0.1, -0.05) is 0 Å². The Hall–Kier alpha value is -0.211. The van der Waals surface area contributed by atoms with Gasteiger partial charge in [-0.25, -0.2) is 4.79 Å². The zero-order valence-electron chi connectivity index (χ0n) is 7.93. The Labute approximate surface area is 76.1 Å². The van der Waals surface area contributed by atoms with Crippen LogP contribution < -0.4 is 0 Å². The van der Waals surface area contributed by atoms with E-state index in [2.05, 4.69) is 0 Å². The van der Waals surface area contributed by atoms with Gasteiger partial charge in [0.05, 0.1) is 0 Å². The van der Waals surface area contributed by atoms with Gasteiger partial charge in [-0.2, -0.15) is 0 Å². The van der Waals surface area contributed by atoms with Crippen LogP contribution in [0.3, 0.4) is 0 Å². The first-order valence-electron chi connectivity index (χ1n) is 6.03. The fourth-order valence-corrected chi connectivity index (χ4v) is 88.0. The van der Waals surface area contributed by atoms with Gasteiger partial charge in [0.2, 0.25) is 0 Å². The third kappa shape index (κ3) is 0.0480. The Morgan fingerprint density at radius 3 is 0.800 bits per heavy atom. The molecule has 0 saturated carbocycles. The van der Waals surface area contributed by atoms with Crippen molar-refractivity contribution in [3.05, 3.63) is 0 Å². The molecule has 2 N–H and O–H groups in total. The Balaban J connectivity index is 0.000000121. The van der Waals surface area contributed by atoms with E-state index in [1.54, 1.807) is 48.2 Å². The van der Waals surface area contributed by atoms with Crippen LogP contribution in [0.25, 0.3) is 0 Å². The van der Waals surface area contributed by atoms with Crippen LogP contribution in [0.5, 0.6) is 0 Å². The Kier molecular flexibility index (Phi) is 0.135. The molecule has 15 heavy (non-hydrogen) atoms. The quantitative estimate of drug-likeness (QED) is 0.644. The molecule has 10 fully saturated rings. The van der Waals surface area contributed by atoms with Crippen LogP contribution in [0.15, 0.2) is 0 Å². The van der Waals surface area contributed by atoms with Crippen molar-refractivity contribution in [2.75, 3.05) is 0 Å². The second-order valence-corrected chi connectivity index (χ2v) is 33.8. The molecule has 0 unspecified atom stereocenters. The zero-order chi connectivity index (χ0) is 9.67. The standard InChI is InChI=1S/2C5H5.CH2O3.Fe/c2*1-2-4-5-3-1;2-1(3)4;/h2*1-5H;(H2,2,3,4);. The van der Waals surface area contributed by atoms with Crippen LogP contribution in [0, 0.1) is 0 Å². The molecule has 0 aromatic rings. The molecule has 10 aliphatic rings. The van der Waals surface area contributed by atoms with Gasteiger partial charge in [0.1, 0.15) is 0 Å². The van der Waals surface area contributed by atoms with Gasteiger partial charge in [0.15, 0.2) is 0 Å². The molecular weight excluding hydrogens is 236 g/mol. The average Bonchev–Trinajstić information content (AvgIpc) is 3.13. The Bertz CT molecular complexity index is 668. The van der Waals surface area contributed by atoms with Gasteiger partial charge in [0, 0.05) is 0 Å². The first kappa shape index (κ1) is 5.41. The van der Waals surface area contributed by atoms with Crippen LogP contribution >= 0.6 is 0 Å². The summed E-state index contributed by atoms with van der Waals surface area (Å²) >= 11 is 0. The van der Waals surface area contributed by atoms with Crippen molar-refractivity contribution in [3.8, 4) is 0 Å². The van der Waals surface area contributed by atoms with E-state index in [1.165, 1.54) is 0 Å². The molecule has 0 aliphatic carbocycles. The fourth-order valence-electron chi connectivity index (χ4n) is 15.8. The predicted octanol–water partition coefficient (Wildman–Crippen LogP) is 3.60. The van der Waals surface area contributed by atoms with Crippen molar-refractivity contribution < 1.29 is 21.5 Å². The molecule has 10 aliphatic heterocycles. The summed E-state index contributed by atoms with van der Waals surface area (Å²) in [6.45, 7) is -2.28.